The fraction of sp³-hybridized carbons (Fsp3) is 0.625. The number of thiophene rings is 1. The Hall–Kier alpha value is -1.36. The summed E-state index contributed by atoms with van der Waals surface area (Å²) in [4.78, 5) is 27.0. The second-order valence-corrected chi connectivity index (χ2v) is 6.87. The van der Waals surface area contributed by atoms with Crippen LogP contribution < -0.4 is 5.32 Å². The molecule has 1 aliphatic rings. The van der Waals surface area contributed by atoms with Gasteiger partial charge < -0.3 is 10.2 Å². The molecular weight excluding hydrogens is 284 g/mol. The first-order valence-corrected chi connectivity index (χ1v) is 8.54. The average Bonchev–Trinajstić information content (AvgIpc) is 2.94. The highest BCUT2D eigenvalue weighted by molar-refractivity contribution is 7.07. The molecule has 3 unspecified atom stereocenters. The molecule has 116 valence electrons. The molecule has 0 spiro atoms. The molecular formula is C16H24N2O2S. The summed E-state index contributed by atoms with van der Waals surface area (Å²) in [6.07, 6.45) is 1.33. The molecule has 0 aromatic carbocycles. The van der Waals surface area contributed by atoms with Crippen molar-refractivity contribution in [2.45, 2.75) is 58.7 Å². The number of nitrogens with zero attached hydrogens (tertiary/aromatic N) is 1. The molecule has 5 heteroatoms. The first-order chi connectivity index (χ1) is 9.95. The smallest absolute Gasteiger partial charge is 0.246 e. The summed E-state index contributed by atoms with van der Waals surface area (Å²) in [5, 5.41) is 6.96. The summed E-state index contributed by atoms with van der Waals surface area (Å²) in [5.74, 6) is 0.398. The lowest BCUT2D eigenvalue weighted by Gasteiger charge is -2.42. The number of hydrogen-bond donors (Lipinski definition) is 1. The van der Waals surface area contributed by atoms with Crippen molar-refractivity contribution in [2.24, 2.45) is 5.92 Å². The number of hydrogen-bond acceptors (Lipinski definition) is 3. The predicted octanol–water partition coefficient (Wildman–Crippen LogP) is 2.96. The molecule has 0 saturated carbocycles. The van der Waals surface area contributed by atoms with Crippen LogP contribution in [-0.4, -0.2) is 28.8 Å². The van der Waals surface area contributed by atoms with E-state index in [4.69, 9.17) is 0 Å². The summed E-state index contributed by atoms with van der Waals surface area (Å²) >= 11 is 1.62. The van der Waals surface area contributed by atoms with Crippen molar-refractivity contribution in [3.63, 3.8) is 0 Å². The van der Waals surface area contributed by atoms with Crippen LogP contribution >= 0.6 is 11.3 Å². The van der Waals surface area contributed by atoms with Gasteiger partial charge in [0.05, 0.1) is 6.04 Å². The van der Waals surface area contributed by atoms with E-state index in [2.05, 4.69) is 24.5 Å². The molecule has 0 bridgehead atoms. The number of nitrogens with one attached hydrogen (secondary N) is 1. The highest BCUT2D eigenvalue weighted by atomic mass is 32.1. The Morgan fingerprint density at radius 3 is 2.57 bits per heavy atom. The van der Waals surface area contributed by atoms with E-state index in [-0.39, 0.29) is 29.9 Å². The summed E-state index contributed by atoms with van der Waals surface area (Å²) in [6, 6.07) is 1.21. The van der Waals surface area contributed by atoms with Crippen LogP contribution in [-0.2, 0) is 9.59 Å². The van der Waals surface area contributed by atoms with Gasteiger partial charge >= 0.3 is 0 Å². The Morgan fingerprint density at radius 2 is 2.05 bits per heavy atom. The van der Waals surface area contributed by atoms with Gasteiger partial charge in [0.15, 0.2) is 0 Å². The van der Waals surface area contributed by atoms with E-state index in [1.807, 2.05) is 25.3 Å². The fourth-order valence-electron chi connectivity index (χ4n) is 2.94. The number of rotatable bonds is 5. The van der Waals surface area contributed by atoms with E-state index in [9.17, 15) is 9.59 Å². The molecule has 21 heavy (non-hydrogen) atoms. The van der Waals surface area contributed by atoms with Crippen LogP contribution in [0.1, 0.15) is 52.1 Å². The minimum atomic E-state index is -0.388. The van der Waals surface area contributed by atoms with Crippen LogP contribution in [0.3, 0.4) is 0 Å². The molecule has 4 nitrogen and oxygen atoms in total. The molecule has 1 saturated heterocycles. The van der Waals surface area contributed by atoms with Crippen molar-refractivity contribution in [2.75, 3.05) is 0 Å². The molecule has 0 aliphatic carbocycles. The van der Waals surface area contributed by atoms with Crippen LogP contribution in [0.4, 0.5) is 0 Å². The Bertz CT molecular complexity index is 498. The van der Waals surface area contributed by atoms with Gasteiger partial charge in [-0.25, -0.2) is 0 Å². The highest BCUT2D eigenvalue weighted by Crippen LogP contribution is 2.29. The van der Waals surface area contributed by atoms with Gasteiger partial charge in [0, 0.05) is 0 Å². The summed E-state index contributed by atoms with van der Waals surface area (Å²) in [5.41, 5.74) is 1.10. The van der Waals surface area contributed by atoms with Gasteiger partial charge in [-0.3, -0.25) is 9.59 Å². The van der Waals surface area contributed by atoms with Crippen LogP contribution in [0.5, 0.6) is 0 Å². The molecule has 2 rings (SSSR count). The summed E-state index contributed by atoms with van der Waals surface area (Å²) < 4.78 is 0. The quantitative estimate of drug-likeness (QED) is 0.909. The Kier molecular flexibility index (Phi) is 5.04. The average molecular weight is 308 g/mol. The number of piperazine rings is 1. The van der Waals surface area contributed by atoms with Crippen molar-refractivity contribution in [3.05, 3.63) is 22.4 Å². The number of carbonyl (C=O) groups excluding carboxylic acids is 2. The van der Waals surface area contributed by atoms with Gasteiger partial charge in [0.1, 0.15) is 12.1 Å². The zero-order valence-corrected chi connectivity index (χ0v) is 13.9. The first kappa shape index (κ1) is 16.0. The standard InChI is InChI=1S/C16H24N2O2S/c1-5-14-15(19)17-13(8-10(2)3)16(20)18(14)11(4)12-6-7-21-9-12/h6-7,9-11,13-14H,5,8H2,1-4H3,(H,17,19). The second-order valence-electron chi connectivity index (χ2n) is 6.09. The number of amides is 2. The predicted molar refractivity (Wildman–Crippen MR) is 85.0 cm³/mol. The van der Waals surface area contributed by atoms with Crippen molar-refractivity contribution in [3.8, 4) is 0 Å². The zero-order valence-electron chi connectivity index (χ0n) is 13.1. The molecule has 1 aromatic heterocycles. The maximum Gasteiger partial charge on any atom is 0.246 e. The maximum atomic E-state index is 12.8. The molecule has 2 heterocycles. The molecule has 2 amide bonds. The van der Waals surface area contributed by atoms with E-state index >= 15 is 0 Å². The minimum absolute atomic E-state index is 0.0233. The SMILES string of the molecule is CCC1C(=O)NC(CC(C)C)C(=O)N1C(C)c1ccsc1. The third-order valence-corrected chi connectivity index (χ3v) is 4.75. The van der Waals surface area contributed by atoms with E-state index in [1.165, 1.54) is 0 Å². The van der Waals surface area contributed by atoms with Crippen molar-refractivity contribution >= 4 is 23.2 Å². The Morgan fingerprint density at radius 1 is 1.33 bits per heavy atom. The lowest BCUT2D eigenvalue weighted by Crippen LogP contribution is -2.63. The molecule has 3 atom stereocenters. The van der Waals surface area contributed by atoms with Crippen molar-refractivity contribution < 1.29 is 9.59 Å². The van der Waals surface area contributed by atoms with E-state index < -0.39 is 0 Å². The molecule has 1 aromatic rings. The third-order valence-electron chi connectivity index (χ3n) is 4.04. The normalized spacial score (nSPS) is 24.3. The van der Waals surface area contributed by atoms with Gasteiger partial charge in [-0.1, -0.05) is 20.8 Å². The molecule has 1 fully saturated rings. The van der Waals surface area contributed by atoms with Crippen LogP contribution in [0, 0.1) is 5.92 Å². The molecule has 1 aliphatic heterocycles. The molecule has 0 radical (unpaired) electrons. The third kappa shape index (κ3) is 3.28. The fourth-order valence-corrected chi connectivity index (χ4v) is 3.68. The van der Waals surface area contributed by atoms with Crippen molar-refractivity contribution in [1.82, 2.24) is 10.2 Å². The van der Waals surface area contributed by atoms with E-state index in [0.29, 0.717) is 18.8 Å². The highest BCUT2D eigenvalue weighted by Gasteiger charge is 2.42. The van der Waals surface area contributed by atoms with Gasteiger partial charge in [-0.15, -0.1) is 0 Å². The second kappa shape index (κ2) is 6.60. The molecule has 1 N–H and O–H groups in total. The lowest BCUT2D eigenvalue weighted by atomic mass is 9.95. The first-order valence-electron chi connectivity index (χ1n) is 7.60. The monoisotopic (exact) mass is 308 g/mol. The van der Waals surface area contributed by atoms with Crippen LogP contribution in [0.2, 0.25) is 0 Å². The maximum absolute atomic E-state index is 12.8. The Balaban J connectivity index is 2.28. The van der Waals surface area contributed by atoms with Gasteiger partial charge in [-0.05, 0) is 48.1 Å². The Labute approximate surface area is 130 Å². The lowest BCUT2D eigenvalue weighted by molar-refractivity contribution is -0.152. The number of carbonyl (C=O) groups is 2. The van der Waals surface area contributed by atoms with Gasteiger partial charge in [-0.2, -0.15) is 11.3 Å². The van der Waals surface area contributed by atoms with Crippen molar-refractivity contribution in [1.29, 1.82) is 0 Å². The topological polar surface area (TPSA) is 49.4 Å². The van der Waals surface area contributed by atoms with E-state index in [0.717, 1.165) is 5.56 Å². The van der Waals surface area contributed by atoms with E-state index in [1.54, 1.807) is 16.2 Å². The van der Waals surface area contributed by atoms with Crippen LogP contribution in [0.25, 0.3) is 0 Å². The summed E-state index contributed by atoms with van der Waals surface area (Å²) in [6.45, 7) is 8.09. The largest absolute Gasteiger partial charge is 0.342 e. The van der Waals surface area contributed by atoms with Gasteiger partial charge in [0.2, 0.25) is 11.8 Å². The summed E-state index contributed by atoms with van der Waals surface area (Å²) in [7, 11) is 0. The minimum Gasteiger partial charge on any atom is -0.342 e. The zero-order chi connectivity index (χ0) is 15.6. The van der Waals surface area contributed by atoms with Crippen LogP contribution in [0.15, 0.2) is 16.8 Å². The van der Waals surface area contributed by atoms with Gasteiger partial charge in [0.25, 0.3) is 0 Å².